The normalized spacial score (nSPS) is 21.8. The van der Waals surface area contributed by atoms with Gasteiger partial charge in [0.25, 0.3) is 5.91 Å². The molecule has 1 amide bonds. The summed E-state index contributed by atoms with van der Waals surface area (Å²) in [6.45, 7) is 5.00. The topological polar surface area (TPSA) is 56.8 Å². The van der Waals surface area contributed by atoms with Crippen LogP contribution in [0.5, 0.6) is 0 Å². The van der Waals surface area contributed by atoms with Gasteiger partial charge < -0.3 is 20.3 Å². The Bertz CT molecular complexity index is 1030. The third-order valence-corrected chi connectivity index (χ3v) is 6.92. The molecule has 164 valence electrons. The van der Waals surface area contributed by atoms with Gasteiger partial charge in [0.15, 0.2) is 5.76 Å². The standard InChI is InChI=1S/C25H30N4O2.H2/c1-16-23(19-6-4-17(5-7-19)18-10-12-28(2)13-11-18)29(25(30)24(16)31-3)20-8-9-21-22(14-20)27-15-26-21;/h4-9,14,18,23,26-27H,10-13,15H2,1-3H3;1H. The van der Waals surface area contributed by atoms with E-state index >= 15 is 0 Å². The number of carbonyl (C=O) groups is 1. The predicted octanol–water partition coefficient (Wildman–Crippen LogP) is 4.55. The van der Waals surface area contributed by atoms with E-state index in [9.17, 15) is 4.79 Å². The summed E-state index contributed by atoms with van der Waals surface area (Å²) < 4.78 is 5.52. The van der Waals surface area contributed by atoms with E-state index in [1.807, 2.05) is 30.0 Å². The van der Waals surface area contributed by atoms with Gasteiger partial charge in [0.1, 0.15) is 0 Å². The minimum atomic E-state index is -0.165. The molecule has 1 fully saturated rings. The summed E-state index contributed by atoms with van der Waals surface area (Å²) in [5.74, 6) is 0.972. The van der Waals surface area contributed by atoms with E-state index in [4.69, 9.17) is 4.74 Å². The van der Waals surface area contributed by atoms with Gasteiger partial charge in [0, 0.05) is 12.7 Å². The number of anilines is 3. The van der Waals surface area contributed by atoms with Crippen molar-refractivity contribution in [2.75, 3.05) is 49.4 Å². The average molecular weight is 421 g/mol. The largest absolute Gasteiger partial charge is 0.491 e. The molecule has 0 radical (unpaired) electrons. The predicted molar refractivity (Wildman–Crippen MR) is 127 cm³/mol. The van der Waals surface area contributed by atoms with Gasteiger partial charge in [-0.05, 0) is 75.1 Å². The molecule has 3 aliphatic rings. The number of piperidine rings is 1. The maximum absolute atomic E-state index is 13.3. The van der Waals surface area contributed by atoms with Gasteiger partial charge in [-0.15, -0.1) is 0 Å². The van der Waals surface area contributed by atoms with Crippen LogP contribution in [-0.4, -0.2) is 44.7 Å². The van der Waals surface area contributed by atoms with E-state index < -0.39 is 0 Å². The van der Waals surface area contributed by atoms with Crippen LogP contribution >= 0.6 is 0 Å². The molecule has 0 saturated carbocycles. The lowest BCUT2D eigenvalue weighted by Crippen LogP contribution is -2.30. The zero-order chi connectivity index (χ0) is 21.5. The maximum atomic E-state index is 13.3. The number of nitrogens with one attached hydrogen (secondary N) is 2. The second-order valence-corrected chi connectivity index (χ2v) is 8.80. The van der Waals surface area contributed by atoms with Crippen molar-refractivity contribution in [3.63, 3.8) is 0 Å². The number of likely N-dealkylation sites (tertiary alicyclic amines) is 1. The van der Waals surface area contributed by atoms with Crippen molar-refractivity contribution >= 4 is 23.0 Å². The Morgan fingerprint density at radius 2 is 1.68 bits per heavy atom. The summed E-state index contributed by atoms with van der Waals surface area (Å²) in [6, 6.07) is 14.8. The van der Waals surface area contributed by atoms with Gasteiger partial charge in [-0.3, -0.25) is 9.69 Å². The molecule has 1 atom stereocenters. The summed E-state index contributed by atoms with van der Waals surface area (Å²) >= 11 is 0. The highest BCUT2D eigenvalue weighted by Crippen LogP contribution is 2.43. The molecule has 2 N–H and O–H groups in total. The van der Waals surface area contributed by atoms with Crippen molar-refractivity contribution in [1.29, 1.82) is 0 Å². The Morgan fingerprint density at radius 3 is 2.39 bits per heavy atom. The molecule has 0 aromatic heterocycles. The van der Waals surface area contributed by atoms with Crippen LogP contribution in [0.1, 0.15) is 44.3 Å². The van der Waals surface area contributed by atoms with Crippen LogP contribution in [0, 0.1) is 0 Å². The smallest absolute Gasteiger partial charge is 0.294 e. The first-order valence-electron chi connectivity index (χ1n) is 11.1. The number of methoxy groups -OCH3 is 1. The summed E-state index contributed by atoms with van der Waals surface area (Å²) in [4.78, 5) is 17.5. The molecule has 1 saturated heterocycles. The molecule has 0 bridgehead atoms. The van der Waals surface area contributed by atoms with Gasteiger partial charge in [0.2, 0.25) is 0 Å². The molecule has 6 heteroatoms. The molecular formula is C25H32N4O2. The quantitative estimate of drug-likeness (QED) is 0.760. The van der Waals surface area contributed by atoms with Gasteiger partial charge in [-0.25, -0.2) is 0 Å². The van der Waals surface area contributed by atoms with Crippen LogP contribution in [0.25, 0.3) is 0 Å². The number of nitrogens with zero attached hydrogens (tertiary/aromatic N) is 2. The molecule has 3 aliphatic heterocycles. The van der Waals surface area contributed by atoms with Crippen molar-refractivity contribution in [1.82, 2.24) is 4.90 Å². The summed E-state index contributed by atoms with van der Waals surface area (Å²) in [7, 11) is 3.77. The van der Waals surface area contributed by atoms with E-state index in [0.29, 0.717) is 18.3 Å². The molecule has 0 spiro atoms. The van der Waals surface area contributed by atoms with E-state index in [0.717, 1.165) is 41.3 Å². The van der Waals surface area contributed by atoms with Gasteiger partial charge in [0.05, 0.1) is 31.2 Å². The Labute approximate surface area is 185 Å². The molecule has 1 unspecified atom stereocenters. The number of benzene rings is 2. The van der Waals surface area contributed by atoms with Crippen LogP contribution in [0.3, 0.4) is 0 Å². The third-order valence-electron chi connectivity index (χ3n) is 6.92. The monoisotopic (exact) mass is 420 g/mol. The Kier molecular flexibility index (Phi) is 5.10. The number of rotatable bonds is 4. The van der Waals surface area contributed by atoms with Crippen molar-refractivity contribution in [2.45, 2.75) is 31.7 Å². The van der Waals surface area contributed by atoms with Crippen molar-refractivity contribution < 1.29 is 11.0 Å². The van der Waals surface area contributed by atoms with Gasteiger partial charge in [-0.1, -0.05) is 24.3 Å². The maximum Gasteiger partial charge on any atom is 0.294 e. The molecule has 3 heterocycles. The molecule has 6 nitrogen and oxygen atoms in total. The van der Waals surface area contributed by atoms with Crippen LogP contribution in [-0.2, 0) is 9.53 Å². The van der Waals surface area contributed by atoms with Crippen LogP contribution in [0.2, 0.25) is 0 Å². The highest BCUT2D eigenvalue weighted by Gasteiger charge is 2.40. The van der Waals surface area contributed by atoms with Gasteiger partial charge in [-0.2, -0.15) is 0 Å². The number of hydrogen-bond acceptors (Lipinski definition) is 5. The Hall–Kier alpha value is -2.99. The first kappa shape index (κ1) is 19.9. The zero-order valence-corrected chi connectivity index (χ0v) is 18.4. The average Bonchev–Trinajstić information content (AvgIpc) is 3.35. The summed E-state index contributed by atoms with van der Waals surface area (Å²) in [5.41, 5.74) is 6.41. The highest BCUT2D eigenvalue weighted by molar-refractivity contribution is 6.09. The molecule has 5 rings (SSSR count). The second kappa shape index (κ2) is 7.93. The van der Waals surface area contributed by atoms with Crippen LogP contribution < -0.4 is 15.5 Å². The number of hydrogen-bond donors (Lipinski definition) is 2. The zero-order valence-electron chi connectivity index (χ0n) is 18.4. The molecular weight excluding hydrogens is 388 g/mol. The number of amides is 1. The van der Waals surface area contributed by atoms with Crippen molar-refractivity contribution in [2.24, 2.45) is 0 Å². The van der Waals surface area contributed by atoms with Crippen LogP contribution in [0.15, 0.2) is 53.8 Å². The number of ether oxygens (including phenoxy) is 1. The SMILES string of the molecule is COC1=C(C)C(c2ccc(C3CCN(C)CC3)cc2)N(c2ccc3c(c2)NCN3)C1=O.[HH]. The molecule has 2 aromatic rings. The lowest BCUT2D eigenvalue weighted by atomic mass is 9.88. The fourth-order valence-corrected chi connectivity index (χ4v) is 5.14. The van der Waals surface area contributed by atoms with E-state index in [2.05, 4.69) is 46.8 Å². The lowest BCUT2D eigenvalue weighted by Gasteiger charge is -2.30. The first-order chi connectivity index (χ1) is 15.1. The van der Waals surface area contributed by atoms with Gasteiger partial charge >= 0.3 is 0 Å². The first-order valence-corrected chi connectivity index (χ1v) is 11.1. The highest BCUT2D eigenvalue weighted by atomic mass is 16.5. The third kappa shape index (κ3) is 3.45. The lowest BCUT2D eigenvalue weighted by molar-refractivity contribution is -0.117. The second-order valence-electron chi connectivity index (χ2n) is 8.80. The number of carbonyl (C=O) groups excluding carboxylic acids is 1. The van der Waals surface area contributed by atoms with E-state index in [1.54, 1.807) is 7.11 Å². The summed E-state index contributed by atoms with van der Waals surface area (Å²) in [6.07, 6.45) is 2.40. The van der Waals surface area contributed by atoms with Crippen LogP contribution in [0.4, 0.5) is 17.1 Å². The van der Waals surface area contributed by atoms with E-state index in [1.165, 1.54) is 18.4 Å². The van der Waals surface area contributed by atoms with Crippen molar-refractivity contribution in [3.8, 4) is 0 Å². The minimum absolute atomic E-state index is 0. The van der Waals surface area contributed by atoms with E-state index in [-0.39, 0.29) is 13.4 Å². The Morgan fingerprint density at radius 1 is 1.00 bits per heavy atom. The summed E-state index contributed by atoms with van der Waals surface area (Å²) in [5, 5.41) is 6.61. The number of fused-ring (bicyclic) bond motifs is 1. The molecule has 2 aromatic carbocycles. The van der Waals surface area contributed by atoms with Crippen molar-refractivity contribution in [3.05, 3.63) is 64.9 Å². The minimum Gasteiger partial charge on any atom is -0.491 e. The molecule has 31 heavy (non-hydrogen) atoms. The Balaban J connectivity index is 0.00000245. The fourth-order valence-electron chi connectivity index (χ4n) is 5.14. The fraction of sp³-hybridized carbons (Fsp3) is 0.400. The molecule has 0 aliphatic carbocycles.